The summed E-state index contributed by atoms with van der Waals surface area (Å²) >= 11 is 0. The van der Waals surface area contributed by atoms with Crippen LogP contribution in [0.4, 0.5) is 0 Å². The predicted octanol–water partition coefficient (Wildman–Crippen LogP) is 12.0. The molecule has 0 atom stereocenters. The minimum Gasteiger partial charge on any atom is -0.278 e. The highest BCUT2D eigenvalue weighted by Crippen LogP contribution is 2.42. The molecular weight excluding hydrogens is 635 g/mol. The average molecular weight is 676 g/mol. The van der Waals surface area contributed by atoms with Gasteiger partial charge in [0.05, 0.1) is 22.1 Å². The van der Waals surface area contributed by atoms with E-state index in [1.54, 1.807) is 0 Å². The number of benzene rings is 6. The average Bonchev–Trinajstić information content (AvgIpc) is 3.67. The lowest BCUT2D eigenvalue weighted by Crippen LogP contribution is -2.18. The van der Waals surface area contributed by atoms with Gasteiger partial charge in [0.15, 0.2) is 5.82 Å². The standard InChI is InChI=1S/C47H41N5/c1-46(2,3)31-28-37-35-23-14-17-27-41(35)52(42(37)38(29-31)47(4,5)6)45-49-43(36-24-11-10-20-32(36)30-18-8-7-9-19-30)48-44(50-45)51-39-25-15-12-21-33(39)34-22-13-16-26-40(34)51/h7-29H,1-6H3. The van der Waals surface area contributed by atoms with Gasteiger partial charge < -0.3 is 0 Å². The Kier molecular flexibility index (Phi) is 7.20. The van der Waals surface area contributed by atoms with Crippen LogP contribution in [0.25, 0.3) is 78.0 Å². The van der Waals surface area contributed by atoms with Gasteiger partial charge in [0.2, 0.25) is 11.9 Å². The first-order valence-corrected chi connectivity index (χ1v) is 18.1. The molecule has 0 amide bonds. The van der Waals surface area contributed by atoms with Crippen molar-refractivity contribution < 1.29 is 0 Å². The third kappa shape index (κ3) is 5.11. The van der Waals surface area contributed by atoms with Gasteiger partial charge in [-0.1, -0.05) is 157 Å². The Morgan fingerprint density at radius 1 is 0.423 bits per heavy atom. The third-order valence-electron chi connectivity index (χ3n) is 10.3. The lowest BCUT2D eigenvalue weighted by atomic mass is 9.79. The first-order valence-electron chi connectivity index (χ1n) is 18.1. The van der Waals surface area contributed by atoms with Crippen molar-refractivity contribution in [2.75, 3.05) is 0 Å². The number of fused-ring (bicyclic) bond motifs is 6. The van der Waals surface area contributed by atoms with Gasteiger partial charge in [-0.05, 0) is 57.3 Å². The fourth-order valence-corrected chi connectivity index (χ4v) is 7.67. The minimum absolute atomic E-state index is 0.0252. The summed E-state index contributed by atoms with van der Waals surface area (Å²) in [6, 6.07) is 49.4. The molecule has 254 valence electrons. The Morgan fingerprint density at radius 2 is 0.904 bits per heavy atom. The van der Waals surface area contributed by atoms with E-state index in [0.717, 1.165) is 49.5 Å². The van der Waals surface area contributed by atoms with Crippen LogP contribution < -0.4 is 0 Å². The highest BCUT2D eigenvalue weighted by Gasteiger charge is 2.28. The number of aromatic nitrogens is 5. The maximum absolute atomic E-state index is 5.44. The molecule has 5 nitrogen and oxygen atoms in total. The lowest BCUT2D eigenvalue weighted by molar-refractivity contribution is 0.572. The molecule has 0 aliphatic heterocycles. The molecule has 6 aromatic carbocycles. The highest BCUT2D eigenvalue weighted by molar-refractivity contribution is 6.11. The third-order valence-corrected chi connectivity index (χ3v) is 10.3. The van der Waals surface area contributed by atoms with Crippen molar-refractivity contribution in [1.29, 1.82) is 0 Å². The Labute approximate surface area is 304 Å². The summed E-state index contributed by atoms with van der Waals surface area (Å²) in [7, 11) is 0. The number of hydrogen-bond donors (Lipinski definition) is 0. The van der Waals surface area contributed by atoms with Gasteiger partial charge in [0, 0.05) is 27.1 Å². The maximum atomic E-state index is 5.44. The minimum atomic E-state index is -0.156. The van der Waals surface area contributed by atoms with E-state index in [9.17, 15) is 0 Å². The van der Waals surface area contributed by atoms with Crippen molar-refractivity contribution in [3.8, 4) is 34.4 Å². The molecule has 52 heavy (non-hydrogen) atoms. The zero-order chi connectivity index (χ0) is 35.8. The van der Waals surface area contributed by atoms with Gasteiger partial charge >= 0.3 is 0 Å². The molecule has 0 saturated heterocycles. The number of rotatable bonds is 4. The van der Waals surface area contributed by atoms with Crippen LogP contribution in [0.1, 0.15) is 52.7 Å². The molecule has 3 aromatic heterocycles. The van der Waals surface area contributed by atoms with Gasteiger partial charge in [0.1, 0.15) is 0 Å². The maximum Gasteiger partial charge on any atom is 0.240 e. The fraction of sp³-hybridized carbons (Fsp3) is 0.170. The van der Waals surface area contributed by atoms with E-state index in [1.807, 2.05) is 6.07 Å². The van der Waals surface area contributed by atoms with Crippen molar-refractivity contribution in [1.82, 2.24) is 24.1 Å². The molecule has 0 fully saturated rings. The van der Waals surface area contributed by atoms with Crippen LogP contribution in [0.5, 0.6) is 0 Å². The largest absolute Gasteiger partial charge is 0.278 e. The summed E-state index contributed by atoms with van der Waals surface area (Å²) in [6.07, 6.45) is 0. The Morgan fingerprint density at radius 3 is 1.48 bits per heavy atom. The molecule has 9 aromatic rings. The summed E-state index contributed by atoms with van der Waals surface area (Å²) in [4.78, 5) is 16.2. The first-order chi connectivity index (χ1) is 25.1. The molecule has 0 aliphatic carbocycles. The highest BCUT2D eigenvalue weighted by atomic mass is 15.3. The van der Waals surface area contributed by atoms with Gasteiger partial charge in [-0.3, -0.25) is 9.13 Å². The van der Waals surface area contributed by atoms with Gasteiger partial charge in [-0.2, -0.15) is 15.0 Å². The van der Waals surface area contributed by atoms with Crippen molar-refractivity contribution >= 4 is 43.6 Å². The predicted molar refractivity (Wildman–Crippen MR) is 217 cm³/mol. The van der Waals surface area contributed by atoms with Crippen LogP contribution in [0, 0.1) is 0 Å². The van der Waals surface area contributed by atoms with Crippen LogP contribution >= 0.6 is 0 Å². The summed E-state index contributed by atoms with van der Waals surface area (Å²) in [5.41, 5.74) is 9.82. The lowest BCUT2D eigenvalue weighted by Gasteiger charge is -2.26. The van der Waals surface area contributed by atoms with E-state index in [-0.39, 0.29) is 10.8 Å². The monoisotopic (exact) mass is 675 g/mol. The quantitative estimate of drug-likeness (QED) is 0.187. The second-order valence-electron chi connectivity index (χ2n) is 15.8. The second kappa shape index (κ2) is 11.7. The van der Waals surface area contributed by atoms with Gasteiger partial charge in [0.25, 0.3) is 0 Å². The van der Waals surface area contributed by atoms with E-state index >= 15 is 0 Å². The molecule has 5 heteroatoms. The van der Waals surface area contributed by atoms with Crippen molar-refractivity contribution in [2.45, 2.75) is 52.4 Å². The van der Waals surface area contributed by atoms with E-state index in [2.05, 4.69) is 184 Å². The zero-order valence-electron chi connectivity index (χ0n) is 30.5. The van der Waals surface area contributed by atoms with Gasteiger partial charge in [-0.25, -0.2) is 0 Å². The summed E-state index contributed by atoms with van der Waals surface area (Å²) < 4.78 is 4.48. The van der Waals surface area contributed by atoms with Crippen LogP contribution in [-0.2, 0) is 10.8 Å². The molecule has 0 radical (unpaired) electrons. The molecule has 0 unspecified atom stereocenters. The Hall–Kier alpha value is -6.07. The van der Waals surface area contributed by atoms with Crippen LogP contribution in [-0.4, -0.2) is 24.1 Å². The van der Waals surface area contributed by atoms with Crippen LogP contribution in [0.2, 0.25) is 0 Å². The van der Waals surface area contributed by atoms with Crippen LogP contribution in [0.3, 0.4) is 0 Å². The smallest absolute Gasteiger partial charge is 0.240 e. The Balaban J connectivity index is 1.44. The molecule has 0 bridgehead atoms. The number of hydrogen-bond acceptors (Lipinski definition) is 3. The summed E-state index contributed by atoms with van der Waals surface area (Å²) in [6.45, 7) is 13.8. The Bertz CT molecular complexity index is 2750. The first kappa shape index (κ1) is 31.9. The fourth-order valence-electron chi connectivity index (χ4n) is 7.67. The molecule has 3 heterocycles. The number of para-hydroxylation sites is 3. The molecule has 0 spiro atoms. The molecule has 0 aliphatic rings. The van der Waals surface area contributed by atoms with E-state index < -0.39 is 0 Å². The van der Waals surface area contributed by atoms with E-state index in [4.69, 9.17) is 15.0 Å². The molecule has 9 rings (SSSR count). The van der Waals surface area contributed by atoms with Gasteiger partial charge in [-0.15, -0.1) is 0 Å². The van der Waals surface area contributed by atoms with E-state index in [1.165, 1.54) is 21.9 Å². The second-order valence-corrected chi connectivity index (χ2v) is 15.8. The number of nitrogens with zero attached hydrogens (tertiary/aromatic N) is 5. The van der Waals surface area contributed by atoms with E-state index in [0.29, 0.717) is 17.7 Å². The molecule has 0 saturated carbocycles. The molecule has 0 N–H and O–H groups in total. The normalized spacial score (nSPS) is 12.4. The van der Waals surface area contributed by atoms with Crippen molar-refractivity contribution in [2.24, 2.45) is 0 Å². The summed E-state index contributed by atoms with van der Waals surface area (Å²) in [5, 5.41) is 4.71. The van der Waals surface area contributed by atoms with Crippen LogP contribution in [0.15, 0.2) is 140 Å². The SMILES string of the molecule is CC(C)(C)c1cc(C(C)(C)C)c2c(c1)c1ccccc1n2-c1nc(-c2ccccc2-c2ccccc2)nc(-n2c3ccccc3c3ccccc32)n1. The van der Waals surface area contributed by atoms with Crippen molar-refractivity contribution in [3.63, 3.8) is 0 Å². The topological polar surface area (TPSA) is 48.5 Å². The molecular formula is C47H41N5. The van der Waals surface area contributed by atoms with Crippen molar-refractivity contribution in [3.05, 3.63) is 151 Å². The summed E-state index contributed by atoms with van der Waals surface area (Å²) in [5.74, 6) is 1.79. The zero-order valence-corrected chi connectivity index (χ0v) is 30.5.